The summed E-state index contributed by atoms with van der Waals surface area (Å²) in [5.74, 6) is 1.23. The van der Waals surface area contributed by atoms with Crippen LogP contribution in [0.3, 0.4) is 0 Å². The summed E-state index contributed by atoms with van der Waals surface area (Å²) in [7, 11) is 0. The first-order chi connectivity index (χ1) is 9.77. The van der Waals surface area contributed by atoms with Gasteiger partial charge in [0.15, 0.2) is 0 Å². The standard InChI is InChI=1S/C15H22N4O/c1-12(20)19-9-3-5-14(19)13-4-2-6-17-15(13)18-10-7-16-8-11-18/h2,4,6,14,16H,3,5,7-11H2,1H3/t14-/m1/s1. The minimum Gasteiger partial charge on any atom is -0.354 e. The van der Waals surface area contributed by atoms with E-state index in [0.29, 0.717) is 0 Å². The van der Waals surface area contributed by atoms with Crippen LogP contribution in [0.15, 0.2) is 18.3 Å². The molecule has 3 rings (SSSR count). The molecule has 2 aliphatic heterocycles. The summed E-state index contributed by atoms with van der Waals surface area (Å²) < 4.78 is 0. The summed E-state index contributed by atoms with van der Waals surface area (Å²) in [6.45, 7) is 6.50. The quantitative estimate of drug-likeness (QED) is 0.879. The number of carbonyl (C=O) groups is 1. The van der Waals surface area contributed by atoms with E-state index in [1.165, 1.54) is 5.56 Å². The molecule has 2 fully saturated rings. The molecule has 1 aromatic heterocycles. The highest BCUT2D eigenvalue weighted by atomic mass is 16.2. The predicted molar refractivity (Wildman–Crippen MR) is 78.7 cm³/mol. The molecule has 0 spiro atoms. The molecule has 0 aliphatic carbocycles. The van der Waals surface area contributed by atoms with Crippen molar-refractivity contribution in [1.29, 1.82) is 0 Å². The zero-order valence-electron chi connectivity index (χ0n) is 12.0. The Bertz CT molecular complexity index is 485. The first kappa shape index (κ1) is 13.4. The average Bonchev–Trinajstić information content (AvgIpc) is 2.98. The van der Waals surface area contributed by atoms with E-state index >= 15 is 0 Å². The van der Waals surface area contributed by atoms with Crippen LogP contribution in [0, 0.1) is 0 Å². The van der Waals surface area contributed by atoms with E-state index in [1.54, 1.807) is 6.92 Å². The lowest BCUT2D eigenvalue weighted by Gasteiger charge is -2.32. The Labute approximate surface area is 120 Å². The highest BCUT2D eigenvalue weighted by Gasteiger charge is 2.31. The number of pyridine rings is 1. The molecule has 5 heteroatoms. The third-order valence-corrected chi connectivity index (χ3v) is 4.25. The normalized spacial score (nSPS) is 23.1. The van der Waals surface area contributed by atoms with Crippen LogP contribution in [0.2, 0.25) is 0 Å². The Hall–Kier alpha value is -1.62. The molecule has 3 heterocycles. The van der Waals surface area contributed by atoms with Crippen molar-refractivity contribution in [2.45, 2.75) is 25.8 Å². The third-order valence-electron chi connectivity index (χ3n) is 4.25. The fourth-order valence-electron chi connectivity index (χ4n) is 3.28. The van der Waals surface area contributed by atoms with Gasteiger partial charge in [0.1, 0.15) is 5.82 Å². The summed E-state index contributed by atoms with van der Waals surface area (Å²) >= 11 is 0. The molecule has 5 nitrogen and oxygen atoms in total. The Morgan fingerprint density at radius 2 is 2.15 bits per heavy atom. The number of rotatable bonds is 2. The molecule has 0 unspecified atom stereocenters. The summed E-state index contributed by atoms with van der Waals surface area (Å²) in [6.07, 6.45) is 3.98. The van der Waals surface area contributed by atoms with Crippen LogP contribution in [0.25, 0.3) is 0 Å². The van der Waals surface area contributed by atoms with E-state index in [4.69, 9.17) is 0 Å². The lowest BCUT2D eigenvalue weighted by molar-refractivity contribution is -0.129. The number of aromatic nitrogens is 1. The van der Waals surface area contributed by atoms with Gasteiger partial charge in [-0.3, -0.25) is 4.79 Å². The molecule has 0 aromatic carbocycles. The third kappa shape index (κ3) is 2.50. The van der Waals surface area contributed by atoms with Crippen molar-refractivity contribution in [3.05, 3.63) is 23.9 Å². The maximum atomic E-state index is 11.8. The first-order valence-electron chi connectivity index (χ1n) is 7.45. The number of nitrogens with zero attached hydrogens (tertiary/aromatic N) is 3. The molecule has 0 saturated carbocycles. The molecular formula is C15H22N4O. The SMILES string of the molecule is CC(=O)N1CCC[C@@H]1c1cccnc1N1CCNCC1. The van der Waals surface area contributed by atoms with Gasteiger partial charge in [-0.25, -0.2) is 4.98 Å². The second-order valence-electron chi connectivity index (χ2n) is 5.52. The molecule has 0 bridgehead atoms. The van der Waals surface area contributed by atoms with E-state index in [9.17, 15) is 4.79 Å². The number of amides is 1. The lowest BCUT2D eigenvalue weighted by atomic mass is 10.0. The minimum absolute atomic E-state index is 0.169. The van der Waals surface area contributed by atoms with Crippen LogP contribution in [0.4, 0.5) is 5.82 Å². The van der Waals surface area contributed by atoms with E-state index in [-0.39, 0.29) is 11.9 Å². The molecule has 1 amide bonds. The Morgan fingerprint density at radius 1 is 1.35 bits per heavy atom. The van der Waals surface area contributed by atoms with Crippen molar-refractivity contribution >= 4 is 11.7 Å². The van der Waals surface area contributed by atoms with Gasteiger partial charge in [0, 0.05) is 51.4 Å². The van der Waals surface area contributed by atoms with E-state index < -0.39 is 0 Å². The Balaban J connectivity index is 1.90. The summed E-state index contributed by atoms with van der Waals surface area (Å²) in [4.78, 5) is 20.7. The van der Waals surface area contributed by atoms with Gasteiger partial charge in [-0.05, 0) is 18.9 Å². The summed E-state index contributed by atoms with van der Waals surface area (Å²) in [5.41, 5.74) is 1.21. The van der Waals surface area contributed by atoms with Crippen molar-refractivity contribution < 1.29 is 4.79 Å². The Kier molecular flexibility index (Phi) is 3.87. The number of hydrogen-bond donors (Lipinski definition) is 1. The van der Waals surface area contributed by atoms with Crippen molar-refractivity contribution in [2.24, 2.45) is 0 Å². The highest BCUT2D eigenvalue weighted by molar-refractivity contribution is 5.74. The van der Waals surface area contributed by atoms with Crippen molar-refractivity contribution in [1.82, 2.24) is 15.2 Å². The van der Waals surface area contributed by atoms with Crippen molar-refractivity contribution in [2.75, 3.05) is 37.6 Å². The smallest absolute Gasteiger partial charge is 0.219 e. The molecule has 1 atom stereocenters. The first-order valence-corrected chi connectivity index (χ1v) is 7.45. The molecule has 1 aromatic rings. The van der Waals surface area contributed by atoms with E-state index in [1.807, 2.05) is 17.2 Å². The molecule has 1 N–H and O–H groups in total. The minimum atomic E-state index is 0.169. The zero-order valence-corrected chi connectivity index (χ0v) is 12.0. The average molecular weight is 274 g/mol. The van der Waals surface area contributed by atoms with Crippen LogP contribution >= 0.6 is 0 Å². The van der Waals surface area contributed by atoms with Crippen LogP contribution < -0.4 is 10.2 Å². The molecule has 2 aliphatic rings. The predicted octanol–water partition coefficient (Wildman–Crippen LogP) is 1.17. The van der Waals surface area contributed by atoms with E-state index in [2.05, 4.69) is 21.3 Å². The topological polar surface area (TPSA) is 48.5 Å². The zero-order chi connectivity index (χ0) is 13.9. The summed E-state index contributed by atoms with van der Waals surface area (Å²) in [6, 6.07) is 4.32. The van der Waals surface area contributed by atoms with Crippen LogP contribution in [0.5, 0.6) is 0 Å². The van der Waals surface area contributed by atoms with Gasteiger partial charge in [-0.2, -0.15) is 0 Å². The number of hydrogen-bond acceptors (Lipinski definition) is 4. The van der Waals surface area contributed by atoms with Crippen molar-refractivity contribution in [3.8, 4) is 0 Å². The van der Waals surface area contributed by atoms with E-state index in [0.717, 1.165) is 51.4 Å². The van der Waals surface area contributed by atoms with Crippen molar-refractivity contribution in [3.63, 3.8) is 0 Å². The van der Waals surface area contributed by atoms with Gasteiger partial charge >= 0.3 is 0 Å². The maximum Gasteiger partial charge on any atom is 0.219 e. The number of likely N-dealkylation sites (tertiary alicyclic amines) is 1. The van der Waals surface area contributed by atoms with Gasteiger partial charge in [0.05, 0.1) is 6.04 Å². The molecule has 0 radical (unpaired) electrons. The second kappa shape index (κ2) is 5.79. The van der Waals surface area contributed by atoms with Crippen LogP contribution in [-0.4, -0.2) is 48.5 Å². The van der Waals surface area contributed by atoms with Crippen LogP contribution in [0.1, 0.15) is 31.4 Å². The fourth-order valence-corrected chi connectivity index (χ4v) is 3.28. The van der Waals surface area contributed by atoms with Gasteiger partial charge < -0.3 is 15.1 Å². The number of carbonyl (C=O) groups excluding carboxylic acids is 1. The Morgan fingerprint density at radius 3 is 2.90 bits per heavy atom. The number of anilines is 1. The molecule has 108 valence electrons. The van der Waals surface area contributed by atoms with Crippen LogP contribution in [-0.2, 0) is 4.79 Å². The van der Waals surface area contributed by atoms with Gasteiger partial charge in [-0.1, -0.05) is 6.07 Å². The fraction of sp³-hybridized carbons (Fsp3) is 0.600. The number of nitrogens with one attached hydrogen (secondary N) is 1. The lowest BCUT2D eigenvalue weighted by Crippen LogP contribution is -2.44. The highest BCUT2D eigenvalue weighted by Crippen LogP contribution is 2.36. The summed E-state index contributed by atoms with van der Waals surface area (Å²) in [5, 5.41) is 3.37. The molecule has 20 heavy (non-hydrogen) atoms. The largest absolute Gasteiger partial charge is 0.354 e. The monoisotopic (exact) mass is 274 g/mol. The second-order valence-corrected chi connectivity index (χ2v) is 5.52. The molecular weight excluding hydrogens is 252 g/mol. The number of piperazine rings is 1. The van der Waals surface area contributed by atoms with Gasteiger partial charge in [0.25, 0.3) is 0 Å². The maximum absolute atomic E-state index is 11.8. The van der Waals surface area contributed by atoms with Gasteiger partial charge in [-0.15, -0.1) is 0 Å². The molecule has 2 saturated heterocycles. The van der Waals surface area contributed by atoms with Gasteiger partial charge in [0.2, 0.25) is 5.91 Å².